The third-order valence-corrected chi connectivity index (χ3v) is 4.30. The van der Waals surface area contributed by atoms with E-state index in [9.17, 15) is 4.79 Å². The molecular weight excluding hydrogens is 262 g/mol. The van der Waals surface area contributed by atoms with Gasteiger partial charge in [-0.2, -0.15) is 0 Å². The summed E-state index contributed by atoms with van der Waals surface area (Å²) in [5.41, 5.74) is 1.96. The van der Waals surface area contributed by atoms with Gasteiger partial charge in [-0.15, -0.1) is 0 Å². The van der Waals surface area contributed by atoms with Crippen molar-refractivity contribution in [2.75, 3.05) is 11.9 Å². The fraction of sp³-hybridized carbons (Fsp3) is 0.471. The Morgan fingerprint density at radius 3 is 2.57 bits per heavy atom. The van der Waals surface area contributed by atoms with Crippen LogP contribution in [-0.2, 0) is 0 Å². The zero-order valence-corrected chi connectivity index (χ0v) is 12.6. The molecule has 1 saturated carbocycles. The number of aromatic nitrogens is 2. The second-order valence-electron chi connectivity index (χ2n) is 5.73. The standard InChI is InChI=1S/C17H23N3O/c1-2-18-16-15(13-9-5-3-6-10-13)19-17(21)20(16)14-11-7-4-8-12-14/h4,7-8,11-13,18H,2-3,5-6,9-10H2,1H3,(H,19,21). The zero-order valence-electron chi connectivity index (χ0n) is 12.6. The van der Waals surface area contributed by atoms with E-state index in [1.54, 1.807) is 4.57 Å². The quantitative estimate of drug-likeness (QED) is 0.901. The molecule has 1 fully saturated rings. The van der Waals surface area contributed by atoms with Gasteiger partial charge in [0.15, 0.2) is 0 Å². The van der Waals surface area contributed by atoms with Gasteiger partial charge < -0.3 is 10.3 Å². The number of benzene rings is 1. The van der Waals surface area contributed by atoms with Gasteiger partial charge in [0.25, 0.3) is 0 Å². The van der Waals surface area contributed by atoms with Gasteiger partial charge in [0.2, 0.25) is 0 Å². The number of anilines is 1. The minimum Gasteiger partial charge on any atom is -0.370 e. The van der Waals surface area contributed by atoms with Gasteiger partial charge in [0, 0.05) is 12.5 Å². The number of H-pyrrole nitrogens is 1. The molecule has 0 radical (unpaired) electrons. The highest BCUT2D eigenvalue weighted by atomic mass is 16.1. The van der Waals surface area contributed by atoms with Crippen molar-refractivity contribution in [1.82, 2.24) is 9.55 Å². The van der Waals surface area contributed by atoms with Crippen molar-refractivity contribution in [3.63, 3.8) is 0 Å². The molecule has 1 aromatic carbocycles. The Bertz CT molecular complexity index is 636. The van der Waals surface area contributed by atoms with Crippen molar-refractivity contribution in [2.24, 2.45) is 0 Å². The fourth-order valence-corrected chi connectivity index (χ4v) is 3.30. The van der Waals surface area contributed by atoms with Crippen molar-refractivity contribution in [1.29, 1.82) is 0 Å². The predicted molar refractivity (Wildman–Crippen MR) is 86.4 cm³/mol. The highest BCUT2D eigenvalue weighted by Gasteiger charge is 2.24. The predicted octanol–water partition coefficient (Wildman–Crippen LogP) is 3.65. The number of hydrogen-bond donors (Lipinski definition) is 2. The molecule has 1 aliphatic rings. The molecule has 1 heterocycles. The van der Waals surface area contributed by atoms with E-state index in [1.807, 2.05) is 30.3 Å². The van der Waals surface area contributed by atoms with E-state index in [0.29, 0.717) is 5.92 Å². The summed E-state index contributed by atoms with van der Waals surface area (Å²) in [5, 5.41) is 3.39. The largest absolute Gasteiger partial charge is 0.370 e. The summed E-state index contributed by atoms with van der Waals surface area (Å²) >= 11 is 0. The molecule has 2 aromatic rings. The van der Waals surface area contributed by atoms with Crippen LogP contribution in [0.3, 0.4) is 0 Å². The van der Waals surface area contributed by atoms with Gasteiger partial charge in [0.1, 0.15) is 5.82 Å². The smallest absolute Gasteiger partial charge is 0.332 e. The number of rotatable bonds is 4. The molecular formula is C17H23N3O. The summed E-state index contributed by atoms with van der Waals surface area (Å²) in [4.78, 5) is 15.6. The molecule has 1 aliphatic carbocycles. The number of imidazole rings is 1. The first-order valence-electron chi connectivity index (χ1n) is 7.95. The van der Waals surface area contributed by atoms with Gasteiger partial charge >= 0.3 is 5.69 Å². The van der Waals surface area contributed by atoms with E-state index in [0.717, 1.165) is 23.7 Å². The first kappa shape index (κ1) is 14.0. The lowest BCUT2D eigenvalue weighted by atomic mass is 9.87. The highest BCUT2D eigenvalue weighted by molar-refractivity contribution is 5.51. The lowest BCUT2D eigenvalue weighted by Gasteiger charge is -2.22. The summed E-state index contributed by atoms with van der Waals surface area (Å²) in [6.07, 6.45) is 6.18. The lowest BCUT2D eigenvalue weighted by Crippen LogP contribution is -2.17. The molecule has 3 rings (SSSR count). The van der Waals surface area contributed by atoms with Crippen LogP contribution in [0.5, 0.6) is 0 Å². The zero-order chi connectivity index (χ0) is 14.7. The molecule has 21 heavy (non-hydrogen) atoms. The average Bonchev–Trinajstić information content (AvgIpc) is 2.86. The third kappa shape index (κ3) is 2.75. The van der Waals surface area contributed by atoms with E-state index in [-0.39, 0.29) is 5.69 Å². The SMILES string of the molecule is CCNc1c(C2CCCCC2)[nH]c(=O)n1-c1ccccc1. The number of hydrogen-bond acceptors (Lipinski definition) is 2. The molecule has 0 bridgehead atoms. The number of aromatic amines is 1. The molecule has 112 valence electrons. The van der Waals surface area contributed by atoms with E-state index in [4.69, 9.17) is 0 Å². The average molecular weight is 285 g/mol. The van der Waals surface area contributed by atoms with Crippen LogP contribution in [0.1, 0.15) is 50.6 Å². The molecule has 0 amide bonds. The monoisotopic (exact) mass is 285 g/mol. The summed E-state index contributed by atoms with van der Waals surface area (Å²) in [6, 6.07) is 9.84. The van der Waals surface area contributed by atoms with Gasteiger partial charge in [-0.25, -0.2) is 9.36 Å². The maximum absolute atomic E-state index is 12.4. The van der Waals surface area contributed by atoms with Crippen LogP contribution in [0.4, 0.5) is 5.82 Å². The van der Waals surface area contributed by atoms with Crippen molar-refractivity contribution in [2.45, 2.75) is 44.9 Å². The summed E-state index contributed by atoms with van der Waals surface area (Å²) < 4.78 is 1.77. The summed E-state index contributed by atoms with van der Waals surface area (Å²) in [5.74, 6) is 1.42. The van der Waals surface area contributed by atoms with Crippen LogP contribution >= 0.6 is 0 Å². The molecule has 0 spiro atoms. The van der Waals surface area contributed by atoms with Crippen molar-refractivity contribution in [3.8, 4) is 5.69 Å². The van der Waals surface area contributed by atoms with Crippen LogP contribution in [0.25, 0.3) is 5.69 Å². The molecule has 4 nitrogen and oxygen atoms in total. The number of nitrogens with zero attached hydrogens (tertiary/aromatic N) is 1. The normalized spacial score (nSPS) is 16.0. The third-order valence-electron chi connectivity index (χ3n) is 4.30. The molecule has 0 aliphatic heterocycles. The van der Waals surface area contributed by atoms with E-state index in [1.165, 1.54) is 32.1 Å². The maximum Gasteiger partial charge on any atom is 0.332 e. The van der Waals surface area contributed by atoms with Crippen LogP contribution < -0.4 is 11.0 Å². The Labute approximate surface area is 125 Å². The van der Waals surface area contributed by atoms with E-state index in [2.05, 4.69) is 17.2 Å². The van der Waals surface area contributed by atoms with Gasteiger partial charge in [-0.1, -0.05) is 37.5 Å². The molecule has 4 heteroatoms. The molecule has 0 atom stereocenters. The van der Waals surface area contributed by atoms with Gasteiger partial charge in [0.05, 0.1) is 11.4 Å². The topological polar surface area (TPSA) is 49.8 Å². The Hall–Kier alpha value is -1.97. The lowest BCUT2D eigenvalue weighted by molar-refractivity contribution is 0.438. The Morgan fingerprint density at radius 1 is 1.19 bits per heavy atom. The first-order valence-corrected chi connectivity index (χ1v) is 7.95. The summed E-state index contributed by atoms with van der Waals surface area (Å²) in [6.45, 7) is 2.88. The van der Waals surface area contributed by atoms with Gasteiger partial charge in [-0.05, 0) is 31.9 Å². The second-order valence-corrected chi connectivity index (χ2v) is 5.73. The van der Waals surface area contributed by atoms with Crippen LogP contribution in [0.2, 0.25) is 0 Å². The van der Waals surface area contributed by atoms with Crippen LogP contribution in [0, 0.1) is 0 Å². The summed E-state index contributed by atoms with van der Waals surface area (Å²) in [7, 11) is 0. The number of nitrogens with one attached hydrogen (secondary N) is 2. The second kappa shape index (κ2) is 6.20. The number of para-hydroxylation sites is 1. The molecule has 2 N–H and O–H groups in total. The minimum absolute atomic E-state index is 0.0438. The maximum atomic E-state index is 12.4. The first-order chi connectivity index (χ1) is 10.3. The molecule has 0 unspecified atom stereocenters. The Balaban J connectivity index is 2.07. The van der Waals surface area contributed by atoms with Crippen molar-refractivity contribution >= 4 is 5.82 Å². The van der Waals surface area contributed by atoms with Gasteiger partial charge in [-0.3, -0.25) is 0 Å². The molecule has 0 saturated heterocycles. The molecule has 1 aromatic heterocycles. The fourth-order valence-electron chi connectivity index (χ4n) is 3.30. The van der Waals surface area contributed by atoms with Crippen LogP contribution in [-0.4, -0.2) is 16.1 Å². The minimum atomic E-state index is -0.0438. The Kier molecular flexibility index (Phi) is 4.13. The van der Waals surface area contributed by atoms with Crippen molar-refractivity contribution in [3.05, 3.63) is 46.5 Å². The van der Waals surface area contributed by atoms with Crippen molar-refractivity contribution < 1.29 is 0 Å². The Morgan fingerprint density at radius 2 is 1.90 bits per heavy atom. The highest BCUT2D eigenvalue weighted by Crippen LogP contribution is 2.35. The van der Waals surface area contributed by atoms with E-state index >= 15 is 0 Å². The van der Waals surface area contributed by atoms with Crippen LogP contribution in [0.15, 0.2) is 35.1 Å². The van der Waals surface area contributed by atoms with E-state index < -0.39 is 0 Å².